The number of para-hydroxylation sites is 4. The molecule has 10 aromatic rings. The number of hydrogen-bond acceptors (Lipinski definition) is 3. The Morgan fingerprint density at radius 3 is 1.06 bits per heavy atom. The maximum atomic E-state index is 7.23. The molecular formula is C61H45NO2Si2. The summed E-state index contributed by atoms with van der Waals surface area (Å²) in [7, 11) is -5.83. The van der Waals surface area contributed by atoms with E-state index in [0.29, 0.717) is 0 Å². The molecule has 3 nitrogen and oxygen atoms in total. The number of hydrogen-bond donors (Lipinski definition) is 0. The first-order chi connectivity index (χ1) is 32.6. The third kappa shape index (κ3) is 6.04. The van der Waals surface area contributed by atoms with Crippen molar-refractivity contribution in [3.63, 3.8) is 0 Å². The van der Waals surface area contributed by atoms with Gasteiger partial charge in [0.25, 0.3) is 0 Å². The molecule has 314 valence electrons. The number of pyridine rings is 1. The van der Waals surface area contributed by atoms with E-state index in [1.54, 1.807) is 0 Å². The van der Waals surface area contributed by atoms with E-state index in [4.69, 9.17) is 14.5 Å². The lowest BCUT2D eigenvalue weighted by Crippen LogP contribution is -2.76. The highest BCUT2D eigenvalue weighted by Crippen LogP contribution is 2.42. The van der Waals surface area contributed by atoms with Crippen molar-refractivity contribution in [2.75, 3.05) is 0 Å². The maximum absolute atomic E-state index is 7.23. The van der Waals surface area contributed by atoms with E-state index in [1.807, 2.05) is 0 Å². The van der Waals surface area contributed by atoms with E-state index in [1.165, 1.54) is 58.2 Å². The van der Waals surface area contributed by atoms with E-state index in [-0.39, 0.29) is 0 Å². The number of ether oxygens (including phenoxy) is 2. The van der Waals surface area contributed by atoms with Crippen LogP contribution in [-0.4, -0.2) is 21.1 Å². The maximum Gasteiger partial charge on any atom is 0.188 e. The van der Waals surface area contributed by atoms with Gasteiger partial charge in [-0.25, -0.2) is 4.98 Å². The minimum Gasteiger partial charge on any atom is -0.457 e. The van der Waals surface area contributed by atoms with Crippen LogP contribution in [0.2, 0.25) is 0 Å². The Bertz CT molecular complexity index is 3150. The van der Waals surface area contributed by atoms with E-state index in [9.17, 15) is 0 Å². The van der Waals surface area contributed by atoms with Gasteiger partial charge in [-0.15, -0.1) is 0 Å². The molecule has 0 unspecified atom stereocenters. The zero-order chi connectivity index (χ0) is 44.2. The summed E-state index contributed by atoms with van der Waals surface area (Å²) < 4.78 is 14.5. The second-order valence-electron chi connectivity index (χ2n) is 17.4. The highest BCUT2D eigenvalue weighted by atomic mass is 28.3. The second kappa shape index (κ2) is 16.0. The van der Waals surface area contributed by atoms with Crippen molar-refractivity contribution in [1.29, 1.82) is 0 Å². The molecular weight excluding hydrogens is 835 g/mol. The van der Waals surface area contributed by atoms with E-state index >= 15 is 0 Å². The van der Waals surface area contributed by atoms with Gasteiger partial charge in [-0.2, -0.15) is 0 Å². The molecule has 0 N–H and O–H groups in total. The minimum atomic E-state index is -2.92. The molecule has 0 aliphatic carbocycles. The summed E-state index contributed by atoms with van der Waals surface area (Å²) in [6, 6.07) is 86.1. The van der Waals surface area contributed by atoms with Crippen molar-refractivity contribution < 1.29 is 9.47 Å². The second-order valence-corrected chi connectivity index (χ2v) is 24.9. The predicted octanol–water partition coefficient (Wildman–Crippen LogP) is 9.67. The molecule has 2 aliphatic heterocycles. The molecule has 0 fully saturated rings. The molecule has 0 radical (unpaired) electrons. The van der Waals surface area contributed by atoms with Gasteiger partial charge >= 0.3 is 0 Å². The Hall–Kier alpha value is -7.84. The van der Waals surface area contributed by atoms with Crippen LogP contribution in [0.15, 0.2) is 237 Å². The molecule has 0 atom stereocenters. The highest BCUT2D eigenvalue weighted by molar-refractivity contribution is 7.21. The molecule has 5 heteroatoms. The summed E-state index contributed by atoms with van der Waals surface area (Å²) in [5.74, 6) is 3.48. The summed E-state index contributed by atoms with van der Waals surface area (Å²) in [4.78, 5) is 5.74. The Balaban J connectivity index is 1.15. The average Bonchev–Trinajstić information content (AvgIpc) is 3.38. The zero-order valence-corrected chi connectivity index (χ0v) is 38.8. The van der Waals surface area contributed by atoms with Crippen molar-refractivity contribution >= 4 is 57.6 Å². The van der Waals surface area contributed by atoms with Crippen LogP contribution >= 0.6 is 0 Å². The zero-order valence-electron chi connectivity index (χ0n) is 36.8. The first kappa shape index (κ1) is 39.7. The first-order valence-electron chi connectivity index (χ1n) is 22.7. The summed E-state index contributed by atoms with van der Waals surface area (Å²) in [5.41, 5.74) is 8.29. The topological polar surface area (TPSA) is 31.4 Å². The lowest BCUT2D eigenvalue weighted by atomic mass is 9.93. The molecule has 12 rings (SSSR count). The van der Waals surface area contributed by atoms with E-state index in [2.05, 4.69) is 250 Å². The van der Waals surface area contributed by atoms with Crippen molar-refractivity contribution in [3.8, 4) is 56.6 Å². The third-order valence-corrected chi connectivity index (χ3v) is 23.5. The molecule has 9 aromatic carbocycles. The van der Waals surface area contributed by atoms with Gasteiger partial charge in [-0.3, -0.25) is 0 Å². The van der Waals surface area contributed by atoms with Crippen LogP contribution in [0.25, 0.3) is 33.6 Å². The molecule has 0 saturated carbocycles. The quantitative estimate of drug-likeness (QED) is 0.150. The summed E-state index contributed by atoms with van der Waals surface area (Å²) in [5, 5.41) is 10.1. The van der Waals surface area contributed by atoms with Crippen LogP contribution in [0, 0.1) is 13.8 Å². The molecule has 66 heavy (non-hydrogen) atoms. The first-order valence-corrected chi connectivity index (χ1v) is 26.7. The monoisotopic (exact) mass is 879 g/mol. The van der Waals surface area contributed by atoms with Crippen LogP contribution in [-0.2, 0) is 0 Å². The largest absolute Gasteiger partial charge is 0.457 e. The Labute approximate surface area is 388 Å². The van der Waals surface area contributed by atoms with Gasteiger partial charge in [-0.1, -0.05) is 200 Å². The van der Waals surface area contributed by atoms with Gasteiger partial charge in [0.2, 0.25) is 0 Å². The van der Waals surface area contributed by atoms with Crippen LogP contribution < -0.4 is 51.0 Å². The smallest absolute Gasteiger partial charge is 0.188 e. The molecule has 0 amide bonds. The lowest BCUT2D eigenvalue weighted by Gasteiger charge is -2.40. The lowest BCUT2D eigenvalue weighted by molar-refractivity contribution is 0.488. The van der Waals surface area contributed by atoms with Gasteiger partial charge in [0.1, 0.15) is 23.0 Å². The highest BCUT2D eigenvalue weighted by Gasteiger charge is 2.50. The number of nitrogens with zero attached hydrogens (tertiary/aromatic N) is 1. The minimum absolute atomic E-state index is 0.842. The number of fused-ring (bicyclic) bond motifs is 4. The molecule has 3 heterocycles. The Kier molecular flexibility index (Phi) is 9.63. The molecule has 0 spiro atoms. The standard InChI is InChI=1S/C61H45NO2Si2/c1-42-22-19-23-43(2)59(42)44-40-51(49-32-20-38-57-60(49)63-53-34-15-17-36-55(53)65(57,45-24-7-3-8-25-45)46-26-9-4-10-27-46)62-52(41-44)50-33-21-39-58-61(50)64-54-35-16-18-37-56(54)66(58,47-28-11-5-12-29-47)48-30-13-6-14-31-48/h3-41H,1-2H3. The molecule has 0 saturated heterocycles. The third-order valence-electron chi connectivity index (χ3n) is 13.8. The van der Waals surface area contributed by atoms with Gasteiger partial charge in [0.15, 0.2) is 16.1 Å². The Morgan fingerprint density at radius 1 is 0.333 bits per heavy atom. The number of benzene rings is 9. The van der Waals surface area contributed by atoms with Crippen molar-refractivity contribution in [2.45, 2.75) is 13.8 Å². The van der Waals surface area contributed by atoms with Gasteiger partial charge in [0.05, 0.1) is 11.4 Å². The summed E-state index contributed by atoms with van der Waals surface area (Å²) >= 11 is 0. The van der Waals surface area contributed by atoms with Gasteiger partial charge < -0.3 is 9.47 Å². The molecule has 0 bridgehead atoms. The van der Waals surface area contributed by atoms with Crippen LogP contribution in [0.1, 0.15) is 11.1 Å². The number of aryl methyl sites for hydroxylation is 2. The predicted molar refractivity (Wildman–Crippen MR) is 277 cm³/mol. The van der Waals surface area contributed by atoms with E-state index in [0.717, 1.165) is 51.1 Å². The number of rotatable bonds is 7. The Morgan fingerprint density at radius 2 is 0.667 bits per heavy atom. The van der Waals surface area contributed by atoms with Crippen molar-refractivity contribution in [1.82, 2.24) is 4.98 Å². The van der Waals surface area contributed by atoms with E-state index < -0.39 is 16.1 Å². The number of aromatic nitrogens is 1. The van der Waals surface area contributed by atoms with Crippen LogP contribution in [0.4, 0.5) is 0 Å². The normalized spacial score (nSPS) is 13.8. The summed E-state index contributed by atoms with van der Waals surface area (Å²) in [6.45, 7) is 4.41. The average molecular weight is 880 g/mol. The van der Waals surface area contributed by atoms with Gasteiger partial charge in [-0.05, 0) is 114 Å². The van der Waals surface area contributed by atoms with Crippen molar-refractivity contribution in [3.05, 3.63) is 248 Å². The fourth-order valence-corrected chi connectivity index (χ4v) is 21.0. The molecule has 1 aromatic heterocycles. The summed E-state index contributed by atoms with van der Waals surface area (Å²) in [6.07, 6.45) is 0. The SMILES string of the molecule is Cc1cccc(C)c1-c1cc(-c2cccc3c2Oc2ccccc2[Si]3(c2ccccc2)c2ccccc2)nc(-c2cccc3c2Oc2ccccc2[Si]3(c2ccccc2)c2ccccc2)c1. The van der Waals surface area contributed by atoms with Gasteiger partial charge in [0, 0.05) is 11.1 Å². The van der Waals surface area contributed by atoms with Crippen LogP contribution in [0.5, 0.6) is 23.0 Å². The van der Waals surface area contributed by atoms with Crippen LogP contribution in [0.3, 0.4) is 0 Å². The van der Waals surface area contributed by atoms with Crippen molar-refractivity contribution in [2.24, 2.45) is 0 Å². The molecule has 2 aliphatic rings. The fraction of sp³-hybridized carbons (Fsp3) is 0.0328. The fourth-order valence-electron chi connectivity index (χ4n) is 11.1.